The molecule has 0 unspecified atom stereocenters. The molecule has 0 rings (SSSR count). The summed E-state index contributed by atoms with van der Waals surface area (Å²) < 4.78 is 16.9. The van der Waals surface area contributed by atoms with Crippen molar-refractivity contribution < 1.29 is 28.6 Å². The van der Waals surface area contributed by atoms with Gasteiger partial charge < -0.3 is 14.2 Å². The van der Waals surface area contributed by atoms with Crippen molar-refractivity contribution in [3.63, 3.8) is 0 Å². The van der Waals surface area contributed by atoms with Crippen LogP contribution in [0.4, 0.5) is 0 Å². The molecule has 0 saturated carbocycles. The van der Waals surface area contributed by atoms with Gasteiger partial charge in [0.2, 0.25) is 0 Å². The zero-order valence-electron chi connectivity index (χ0n) is 44.5. The fraction of sp³-hybridized carbons (Fsp3) is 0.949. The molecule has 0 radical (unpaired) electrons. The molecular formula is C59H114O6. The number of carbonyl (C=O) groups is 3. The standard InChI is InChI=1S/C59H114O6/c1-5-7-9-11-13-15-17-19-21-22-23-24-26-32-36-40-44-48-52-59(62)65-56(53-63-57(60)50-46-42-38-34-30-25-20-18-16-14-12-10-8-6-2)54-64-58(61)51-47-43-39-35-31-28-27-29-33-37-41-45-49-55(3)4/h55-56H,5-54H2,1-4H3/t56-/m1/s1. The first-order chi connectivity index (χ1) is 31.9. The zero-order valence-corrected chi connectivity index (χ0v) is 44.5. The molecule has 1 atom stereocenters. The Morgan fingerprint density at radius 3 is 0.754 bits per heavy atom. The predicted octanol–water partition coefficient (Wildman–Crippen LogP) is 19.4. The maximum absolute atomic E-state index is 12.9. The van der Waals surface area contributed by atoms with E-state index in [4.69, 9.17) is 14.2 Å². The Morgan fingerprint density at radius 1 is 0.292 bits per heavy atom. The van der Waals surface area contributed by atoms with Crippen LogP contribution in [0.1, 0.15) is 336 Å². The maximum Gasteiger partial charge on any atom is 0.306 e. The summed E-state index contributed by atoms with van der Waals surface area (Å²) in [4.78, 5) is 38.1. The fourth-order valence-electron chi connectivity index (χ4n) is 9.10. The number of rotatable bonds is 54. The van der Waals surface area contributed by atoms with Gasteiger partial charge in [-0.3, -0.25) is 14.4 Å². The Kier molecular flexibility index (Phi) is 52.1. The summed E-state index contributed by atoms with van der Waals surface area (Å²) >= 11 is 0. The highest BCUT2D eigenvalue weighted by molar-refractivity contribution is 5.71. The topological polar surface area (TPSA) is 78.9 Å². The van der Waals surface area contributed by atoms with Gasteiger partial charge in [-0.15, -0.1) is 0 Å². The second-order valence-electron chi connectivity index (χ2n) is 20.8. The SMILES string of the molecule is CCCCCCCCCCCCCCCCCCCCC(=O)O[C@H](COC(=O)CCCCCCCCCCCCCCCC)COC(=O)CCCCCCCCCCCCCCC(C)C. The monoisotopic (exact) mass is 919 g/mol. The Hall–Kier alpha value is -1.59. The van der Waals surface area contributed by atoms with Crippen LogP contribution in [0.3, 0.4) is 0 Å². The van der Waals surface area contributed by atoms with Crippen molar-refractivity contribution in [2.24, 2.45) is 5.92 Å². The van der Waals surface area contributed by atoms with E-state index in [1.165, 1.54) is 231 Å². The number of carbonyl (C=O) groups excluding carboxylic acids is 3. The van der Waals surface area contributed by atoms with Gasteiger partial charge in [0.15, 0.2) is 6.10 Å². The van der Waals surface area contributed by atoms with E-state index in [9.17, 15) is 14.4 Å². The van der Waals surface area contributed by atoms with Gasteiger partial charge >= 0.3 is 17.9 Å². The van der Waals surface area contributed by atoms with Gasteiger partial charge in [-0.1, -0.05) is 297 Å². The van der Waals surface area contributed by atoms with Gasteiger partial charge in [-0.05, 0) is 25.2 Å². The van der Waals surface area contributed by atoms with Gasteiger partial charge in [0, 0.05) is 19.3 Å². The van der Waals surface area contributed by atoms with E-state index in [2.05, 4.69) is 27.7 Å². The molecule has 0 spiro atoms. The molecule has 65 heavy (non-hydrogen) atoms. The predicted molar refractivity (Wildman–Crippen MR) is 280 cm³/mol. The molecule has 0 aromatic rings. The molecular weight excluding hydrogens is 805 g/mol. The van der Waals surface area contributed by atoms with E-state index < -0.39 is 6.10 Å². The van der Waals surface area contributed by atoms with Gasteiger partial charge in [-0.2, -0.15) is 0 Å². The lowest BCUT2D eigenvalue weighted by Crippen LogP contribution is -2.30. The Bertz CT molecular complexity index is 980. The largest absolute Gasteiger partial charge is 0.462 e. The smallest absolute Gasteiger partial charge is 0.306 e. The zero-order chi connectivity index (χ0) is 47.4. The van der Waals surface area contributed by atoms with Gasteiger partial charge in [0.25, 0.3) is 0 Å². The third-order valence-electron chi connectivity index (χ3n) is 13.5. The molecule has 0 aliphatic carbocycles. The van der Waals surface area contributed by atoms with Gasteiger partial charge in [0.1, 0.15) is 13.2 Å². The Morgan fingerprint density at radius 2 is 0.508 bits per heavy atom. The first-order valence-corrected chi connectivity index (χ1v) is 29.4. The van der Waals surface area contributed by atoms with E-state index >= 15 is 0 Å². The molecule has 0 aromatic carbocycles. The third kappa shape index (κ3) is 53.2. The number of ether oxygens (including phenoxy) is 3. The molecule has 0 N–H and O–H groups in total. The van der Waals surface area contributed by atoms with Crippen LogP contribution in [0.25, 0.3) is 0 Å². The molecule has 0 aromatic heterocycles. The lowest BCUT2D eigenvalue weighted by atomic mass is 10.0. The molecule has 6 heteroatoms. The van der Waals surface area contributed by atoms with Crippen LogP contribution in [0.5, 0.6) is 0 Å². The van der Waals surface area contributed by atoms with Crippen LogP contribution in [-0.2, 0) is 28.6 Å². The summed E-state index contributed by atoms with van der Waals surface area (Å²) in [5.41, 5.74) is 0. The molecule has 0 saturated heterocycles. The average Bonchev–Trinajstić information content (AvgIpc) is 3.29. The number of esters is 3. The lowest BCUT2D eigenvalue weighted by Gasteiger charge is -2.18. The molecule has 0 aliphatic rings. The second kappa shape index (κ2) is 53.4. The van der Waals surface area contributed by atoms with Crippen molar-refractivity contribution in [1.82, 2.24) is 0 Å². The summed E-state index contributed by atoms with van der Waals surface area (Å²) in [5, 5.41) is 0. The number of hydrogen-bond acceptors (Lipinski definition) is 6. The first-order valence-electron chi connectivity index (χ1n) is 29.4. The van der Waals surface area contributed by atoms with E-state index in [1.807, 2.05) is 0 Å². The summed E-state index contributed by atoms with van der Waals surface area (Å²) in [6.07, 6.45) is 58.1. The van der Waals surface area contributed by atoms with Crippen LogP contribution in [0.2, 0.25) is 0 Å². The van der Waals surface area contributed by atoms with E-state index in [-0.39, 0.29) is 31.1 Å². The molecule has 0 aliphatic heterocycles. The quantitative estimate of drug-likeness (QED) is 0.0344. The summed E-state index contributed by atoms with van der Waals surface area (Å²) in [6, 6.07) is 0. The van der Waals surface area contributed by atoms with Gasteiger partial charge in [-0.25, -0.2) is 0 Å². The van der Waals surface area contributed by atoms with Crippen molar-refractivity contribution in [3.05, 3.63) is 0 Å². The van der Waals surface area contributed by atoms with Crippen molar-refractivity contribution in [2.75, 3.05) is 13.2 Å². The lowest BCUT2D eigenvalue weighted by molar-refractivity contribution is -0.167. The summed E-state index contributed by atoms with van der Waals surface area (Å²) in [7, 11) is 0. The van der Waals surface area contributed by atoms with E-state index in [0.29, 0.717) is 19.3 Å². The third-order valence-corrected chi connectivity index (χ3v) is 13.5. The molecule has 386 valence electrons. The van der Waals surface area contributed by atoms with Crippen molar-refractivity contribution in [2.45, 2.75) is 342 Å². The summed E-state index contributed by atoms with van der Waals surface area (Å²) in [6.45, 7) is 9.06. The minimum absolute atomic E-state index is 0.0618. The van der Waals surface area contributed by atoms with Crippen LogP contribution in [0.15, 0.2) is 0 Å². The minimum Gasteiger partial charge on any atom is -0.462 e. The maximum atomic E-state index is 12.9. The van der Waals surface area contributed by atoms with Crippen LogP contribution >= 0.6 is 0 Å². The minimum atomic E-state index is -0.762. The average molecular weight is 920 g/mol. The molecule has 0 amide bonds. The van der Waals surface area contributed by atoms with Gasteiger partial charge in [0.05, 0.1) is 0 Å². The highest BCUT2D eigenvalue weighted by Crippen LogP contribution is 2.18. The van der Waals surface area contributed by atoms with Crippen LogP contribution < -0.4 is 0 Å². The Balaban J connectivity index is 4.29. The molecule has 6 nitrogen and oxygen atoms in total. The Labute approximate surface area is 406 Å². The highest BCUT2D eigenvalue weighted by Gasteiger charge is 2.19. The van der Waals surface area contributed by atoms with Crippen molar-refractivity contribution in [1.29, 1.82) is 0 Å². The normalized spacial score (nSPS) is 12.0. The van der Waals surface area contributed by atoms with E-state index in [1.54, 1.807) is 0 Å². The van der Waals surface area contributed by atoms with Crippen molar-refractivity contribution >= 4 is 17.9 Å². The highest BCUT2D eigenvalue weighted by atomic mass is 16.6. The first kappa shape index (κ1) is 63.4. The molecule has 0 bridgehead atoms. The van der Waals surface area contributed by atoms with Crippen LogP contribution in [0, 0.1) is 5.92 Å². The summed E-state index contributed by atoms with van der Waals surface area (Å²) in [5.74, 6) is -0.000331. The molecule has 0 fully saturated rings. The number of hydrogen-bond donors (Lipinski definition) is 0. The van der Waals surface area contributed by atoms with E-state index in [0.717, 1.165) is 63.7 Å². The molecule has 0 heterocycles. The fourth-order valence-corrected chi connectivity index (χ4v) is 9.10. The van der Waals surface area contributed by atoms with Crippen LogP contribution in [-0.4, -0.2) is 37.2 Å². The number of unbranched alkanes of at least 4 members (excludes halogenated alkanes) is 41. The second-order valence-corrected chi connectivity index (χ2v) is 20.8. The van der Waals surface area contributed by atoms with Crippen molar-refractivity contribution in [3.8, 4) is 0 Å².